The zero-order valence-corrected chi connectivity index (χ0v) is 8.77. The molecule has 0 amide bonds. The summed E-state index contributed by atoms with van der Waals surface area (Å²) in [5, 5.41) is 11.8. The van der Waals surface area contributed by atoms with Crippen LogP contribution in [0.3, 0.4) is 0 Å². The van der Waals surface area contributed by atoms with Gasteiger partial charge in [-0.15, -0.1) is 0 Å². The van der Waals surface area contributed by atoms with E-state index in [0.29, 0.717) is 6.61 Å². The topological polar surface area (TPSA) is 41.5 Å². The number of aliphatic hydroxyl groups excluding tert-OH is 1. The Kier molecular flexibility index (Phi) is 4.17. The van der Waals surface area contributed by atoms with Gasteiger partial charge in [0.05, 0.1) is 18.8 Å². The summed E-state index contributed by atoms with van der Waals surface area (Å²) in [6.45, 7) is 8.63. The van der Waals surface area contributed by atoms with E-state index in [1.807, 2.05) is 20.9 Å². The average molecular weight is 175 g/mol. The highest BCUT2D eigenvalue weighted by Crippen LogP contribution is 2.24. The molecule has 0 heterocycles. The molecule has 0 aromatic heterocycles. The van der Waals surface area contributed by atoms with Gasteiger partial charge in [0.15, 0.2) is 0 Å². The smallest absolute Gasteiger partial charge is 0.0802 e. The first-order chi connectivity index (χ1) is 5.37. The third-order valence-corrected chi connectivity index (χ3v) is 2.68. The van der Waals surface area contributed by atoms with E-state index in [4.69, 9.17) is 9.84 Å². The number of hydrogen-bond donors (Lipinski definition) is 2. The Morgan fingerprint density at radius 2 is 1.75 bits per heavy atom. The van der Waals surface area contributed by atoms with Crippen LogP contribution >= 0.6 is 0 Å². The van der Waals surface area contributed by atoms with Crippen LogP contribution < -0.4 is 5.32 Å². The van der Waals surface area contributed by atoms with Gasteiger partial charge in [0.25, 0.3) is 0 Å². The van der Waals surface area contributed by atoms with Gasteiger partial charge >= 0.3 is 0 Å². The summed E-state index contributed by atoms with van der Waals surface area (Å²) in [4.78, 5) is 0. The van der Waals surface area contributed by atoms with Gasteiger partial charge in [-0.3, -0.25) is 0 Å². The van der Waals surface area contributed by atoms with Crippen molar-refractivity contribution in [1.29, 1.82) is 0 Å². The lowest BCUT2D eigenvalue weighted by atomic mass is 9.86. The van der Waals surface area contributed by atoms with Crippen LogP contribution in [0, 0.1) is 0 Å². The Hall–Kier alpha value is -0.120. The quantitative estimate of drug-likeness (QED) is 0.648. The van der Waals surface area contributed by atoms with E-state index in [1.54, 1.807) is 0 Å². The first-order valence-electron chi connectivity index (χ1n) is 4.31. The van der Waals surface area contributed by atoms with E-state index in [1.165, 1.54) is 0 Å². The number of ether oxygens (including phenoxy) is 1. The number of nitrogens with one attached hydrogen (secondary N) is 1. The van der Waals surface area contributed by atoms with E-state index in [0.717, 1.165) is 0 Å². The van der Waals surface area contributed by atoms with Gasteiger partial charge in [0, 0.05) is 5.54 Å². The molecule has 0 radical (unpaired) electrons. The van der Waals surface area contributed by atoms with E-state index in [-0.39, 0.29) is 17.7 Å². The van der Waals surface area contributed by atoms with Crippen LogP contribution in [0.4, 0.5) is 0 Å². The molecule has 0 aromatic carbocycles. The second-order valence-electron chi connectivity index (χ2n) is 3.96. The van der Waals surface area contributed by atoms with Gasteiger partial charge in [-0.2, -0.15) is 0 Å². The summed E-state index contributed by atoms with van der Waals surface area (Å²) in [7, 11) is 1.91. The van der Waals surface area contributed by atoms with Crippen LogP contribution in [0.5, 0.6) is 0 Å². The van der Waals surface area contributed by atoms with E-state index in [2.05, 4.69) is 19.2 Å². The summed E-state index contributed by atoms with van der Waals surface area (Å²) in [6.07, 6.45) is 0. The SMILES string of the molecule is CNC(C)(C)C(C)(C)OCCO. The molecule has 12 heavy (non-hydrogen) atoms. The molecule has 0 saturated heterocycles. The molecule has 74 valence electrons. The van der Waals surface area contributed by atoms with Crippen LogP contribution in [0.15, 0.2) is 0 Å². The van der Waals surface area contributed by atoms with E-state index in [9.17, 15) is 0 Å². The maximum absolute atomic E-state index is 8.62. The third kappa shape index (κ3) is 2.73. The van der Waals surface area contributed by atoms with Crippen LogP contribution in [0.25, 0.3) is 0 Å². The van der Waals surface area contributed by atoms with Gasteiger partial charge in [-0.05, 0) is 34.7 Å². The van der Waals surface area contributed by atoms with Crippen molar-refractivity contribution in [3.8, 4) is 0 Å². The Balaban J connectivity index is 4.17. The molecule has 0 rings (SSSR count). The predicted molar refractivity (Wildman–Crippen MR) is 50.3 cm³/mol. The Bertz CT molecular complexity index is 132. The summed E-state index contributed by atoms with van der Waals surface area (Å²) in [6, 6.07) is 0. The van der Waals surface area contributed by atoms with Gasteiger partial charge < -0.3 is 15.2 Å². The van der Waals surface area contributed by atoms with Crippen molar-refractivity contribution in [3.05, 3.63) is 0 Å². The van der Waals surface area contributed by atoms with Crippen LogP contribution in [0.1, 0.15) is 27.7 Å². The van der Waals surface area contributed by atoms with E-state index < -0.39 is 0 Å². The number of likely N-dealkylation sites (N-methyl/N-ethyl adjacent to an activating group) is 1. The lowest BCUT2D eigenvalue weighted by Gasteiger charge is -2.41. The Morgan fingerprint density at radius 1 is 1.25 bits per heavy atom. The normalized spacial score (nSPS) is 13.5. The molecule has 0 bridgehead atoms. The lowest BCUT2D eigenvalue weighted by molar-refractivity contribution is -0.0815. The molecule has 0 aliphatic rings. The highest BCUT2D eigenvalue weighted by Gasteiger charge is 2.36. The molecule has 3 heteroatoms. The average Bonchev–Trinajstić information content (AvgIpc) is 2.00. The van der Waals surface area contributed by atoms with Gasteiger partial charge in [0.1, 0.15) is 0 Å². The number of aliphatic hydroxyl groups is 1. The Morgan fingerprint density at radius 3 is 2.08 bits per heavy atom. The molecule has 0 saturated carbocycles. The third-order valence-electron chi connectivity index (χ3n) is 2.68. The molecular weight excluding hydrogens is 154 g/mol. The highest BCUT2D eigenvalue weighted by molar-refractivity contribution is 4.93. The zero-order valence-electron chi connectivity index (χ0n) is 8.77. The summed E-state index contributed by atoms with van der Waals surface area (Å²) in [5.74, 6) is 0. The number of rotatable bonds is 5. The molecule has 0 unspecified atom stereocenters. The van der Waals surface area contributed by atoms with Crippen molar-refractivity contribution >= 4 is 0 Å². The molecule has 3 nitrogen and oxygen atoms in total. The molecule has 0 fully saturated rings. The summed E-state index contributed by atoms with van der Waals surface area (Å²) >= 11 is 0. The molecule has 2 N–H and O–H groups in total. The highest BCUT2D eigenvalue weighted by atomic mass is 16.5. The monoisotopic (exact) mass is 175 g/mol. The molecular formula is C9H21NO2. The van der Waals surface area contributed by atoms with Crippen molar-refractivity contribution in [2.75, 3.05) is 20.3 Å². The van der Waals surface area contributed by atoms with Crippen molar-refractivity contribution in [1.82, 2.24) is 5.32 Å². The zero-order chi connectivity index (χ0) is 9.83. The predicted octanol–water partition coefficient (Wildman–Crippen LogP) is 0.772. The number of hydrogen-bond acceptors (Lipinski definition) is 3. The van der Waals surface area contributed by atoms with Crippen LogP contribution in [0.2, 0.25) is 0 Å². The van der Waals surface area contributed by atoms with Crippen LogP contribution in [-0.4, -0.2) is 36.5 Å². The van der Waals surface area contributed by atoms with Gasteiger partial charge in [0.2, 0.25) is 0 Å². The second-order valence-corrected chi connectivity index (χ2v) is 3.96. The largest absolute Gasteiger partial charge is 0.394 e. The maximum Gasteiger partial charge on any atom is 0.0802 e. The minimum atomic E-state index is -0.273. The first kappa shape index (κ1) is 11.9. The molecule has 0 atom stereocenters. The standard InChI is InChI=1S/C9H21NO2/c1-8(2,10-5)9(3,4)12-7-6-11/h10-11H,6-7H2,1-5H3. The maximum atomic E-state index is 8.62. The van der Waals surface area contributed by atoms with E-state index >= 15 is 0 Å². The first-order valence-corrected chi connectivity index (χ1v) is 4.31. The van der Waals surface area contributed by atoms with Crippen molar-refractivity contribution < 1.29 is 9.84 Å². The fraction of sp³-hybridized carbons (Fsp3) is 1.00. The van der Waals surface area contributed by atoms with Crippen molar-refractivity contribution in [2.24, 2.45) is 0 Å². The Labute approximate surface area is 75.1 Å². The molecule has 0 aliphatic carbocycles. The summed E-state index contributed by atoms with van der Waals surface area (Å²) < 4.78 is 5.52. The van der Waals surface area contributed by atoms with Crippen LogP contribution in [-0.2, 0) is 4.74 Å². The summed E-state index contributed by atoms with van der Waals surface area (Å²) in [5.41, 5.74) is -0.368. The lowest BCUT2D eigenvalue weighted by Crippen LogP contribution is -2.56. The van der Waals surface area contributed by atoms with Gasteiger partial charge in [-0.25, -0.2) is 0 Å². The fourth-order valence-corrected chi connectivity index (χ4v) is 0.782. The fourth-order valence-electron chi connectivity index (χ4n) is 0.782. The van der Waals surface area contributed by atoms with Crippen molar-refractivity contribution in [3.63, 3.8) is 0 Å². The molecule has 0 spiro atoms. The van der Waals surface area contributed by atoms with Crippen molar-refractivity contribution in [2.45, 2.75) is 38.8 Å². The molecule has 0 aromatic rings. The minimum absolute atomic E-state index is 0.0726. The molecule has 0 aliphatic heterocycles. The van der Waals surface area contributed by atoms with Gasteiger partial charge in [-0.1, -0.05) is 0 Å². The second kappa shape index (κ2) is 4.21. The minimum Gasteiger partial charge on any atom is -0.394 e.